The molecular weight excluding hydrogens is 320 g/mol. The number of imide groups is 1. The minimum absolute atomic E-state index is 0. The van der Waals surface area contributed by atoms with Crippen LogP contribution in [0.2, 0.25) is 0 Å². The van der Waals surface area contributed by atoms with E-state index in [0.29, 0.717) is 19.4 Å². The fourth-order valence-electron chi connectivity index (χ4n) is 3.39. The van der Waals surface area contributed by atoms with E-state index in [4.69, 9.17) is 0 Å². The summed E-state index contributed by atoms with van der Waals surface area (Å²) < 4.78 is 0. The van der Waals surface area contributed by atoms with E-state index >= 15 is 0 Å². The summed E-state index contributed by atoms with van der Waals surface area (Å²) in [5.74, 6) is -0.426. The van der Waals surface area contributed by atoms with Gasteiger partial charge in [0.15, 0.2) is 0 Å². The summed E-state index contributed by atoms with van der Waals surface area (Å²) in [6.07, 6.45) is 2.99. The average molecular weight is 347 g/mol. The lowest BCUT2D eigenvalue weighted by Gasteiger charge is -2.27. The molecule has 2 rings (SSSR count). The molecule has 1 atom stereocenters. The van der Waals surface area contributed by atoms with Crippen molar-refractivity contribution < 1.29 is 14.4 Å². The van der Waals surface area contributed by atoms with Crippen LogP contribution in [-0.2, 0) is 9.59 Å². The summed E-state index contributed by atoms with van der Waals surface area (Å²) in [6.45, 7) is 5.01. The Bertz CT molecular complexity index is 468. The van der Waals surface area contributed by atoms with E-state index in [1.165, 1.54) is 0 Å². The zero-order valence-electron chi connectivity index (χ0n) is 14.1. The Kier molecular flexibility index (Phi) is 6.83. The Balaban J connectivity index is 0.00000264. The Labute approximate surface area is 143 Å². The molecule has 132 valence electrons. The number of hydrogen-bond acceptors (Lipinski definition) is 4. The molecule has 0 aromatic carbocycles. The molecular formula is C15H27ClN4O3. The van der Waals surface area contributed by atoms with E-state index in [-0.39, 0.29) is 36.8 Å². The number of amides is 4. The van der Waals surface area contributed by atoms with Gasteiger partial charge in [-0.05, 0) is 32.7 Å². The standard InChI is InChI=1S/C15H26N4O3.ClH/c1-4-15(5-2)13(21)19(14(22)17-15)10-12(20)18-8-6-7-11(18)9-16-3;/h11,16H,4-10H2,1-3H3,(H,17,22);1H. The van der Waals surface area contributed by atoms with Crippen LogP contribution in [0, 0.1) is 0 Å². The van der Waals surface area contributed by atoms with Crippen molar-refractivity contribution in [3.8, 4) is 0 Å². The van der Waals surface area contributed by atoms with E-state index in [2.05, 4.69) is 10.6 Å². The van der Waals surface area contributed by atoms with Crippen molar-refractivity contribution in [1.82, 2.24) is 20.4 Å². The molecule has 0 saturated carbocycles. The van der Waals surface area contributed by atoms with Crippen molar-refractivity contribution >= 4 is 30.3 Å². The average Bonchev–Trinajstić information content (AvgIpc) is 3.06. The van der Waals surface area contributed by atoms with Gasteiger partial charge in [0.1, 0.15) is 12.1 Å². The summed E-state index contributed by atoms with van der Waals surface area (Å²) in [5, 5.41) is 5.84. The van der Waals surface area contributed by atoms with Crippen LogP contribution in [0.1, 0.15) is 39.5 Å². The lowest BCUT2D eigenvalue weighted by Crippen LogP contribution is -2.48. The zero-order chi connectivity index (χ0) is 16.3. The van der Waals surface area contributed by atoms with E-state index in [1.807, 2.05) is 20.9 Å². The highest BCUT2D eigenvalue weighted by Crippen LogP contribution is 2.25. The maximum atomic E-state index is 12.5. The fraction of sp³-hybridized carbons (Fsp3) is 0.800. The third-order valence-electron chi connectivity index (χ3n) is 4.88. The third-order valence-corrected chi connectivity index (χ3v) is 4.88. The van der Waals surface area contributed by atoms with Crippen LogP contribution in [0.5, 0.6) is 0 Å². The molecule has 7 nitrogen and oxygen atoms in total. The van der Waals surface area contributed by atoms with Crippen LogP contribution >= 0.6 is 12.4 Å². The molecule has 0 aliphatic carbocycles. The van der Waals surface area contributed by atoms with Crippen LogP contribution < -0.4 is 10.6 Å². The summed E-state index contributed by atoms with van der Waals surface area (Å²) in [6, 6.07) is -0.299. The Morgan fingerprint density at radius 2 is 2.00 bits per heavy atom. The van der Waals surface area contributed by atoms with Crippen LogP contribution in [-0.4, -0.2) is 65.9 Å². The van der Waals surface area contributed by atoms with Gasteiger partial charge in [0.05, 0.1) is 0 Å². The molecule has 0 bridgehead atoms. The molecule has 2 fully saturated rings. The number of hydrogen-bond donors (Lipinski definition) is 2. The monoisotopic (exact) mass is 346 g/mol. The maximum absolute atomic E-state index is 12.5. The molecule has 2 aliphatic heterocycles. The predicted molar refractivity (Wildman–Crippen MR) is 89.5 cm³/mol. The summed E-state index contributed by atoms with van der Waals surface area (Å²) >= 11 is 0. The minimum Gasteiger partial charge on any atom is -0.337 e. The number of carbonyl (C=O) groups excluding carboxylic acids is 3. The zero-order valence-corrected chi connectivity index (χ0v) is 14.9. The first kappa shape index (κ1) is 19.7. The number of likely N-dealkylation sites (N-methyl/N-ethyl adjacent to an activating group) is 1. The van der Waals surface area contributed by atoms with Crippen molar-refractivity contribution in [2.45, 2.75) is 51.1 Å². The van der Waals surface area contributed by atoms with Gasteiger partial charge in [0.2, 0.25) is 5.91 Å². The molecule has 2 heterocycles. The van der Waals surface area contributed by atoms with Crippen LogP contribution in [0.15, 0.2) is 0 Å². The van der Waals surface area contributed by atoms with Gasteiger partial charge < -0.3 is 15.5 Å². The molecule has 2 aliphatic rings. The Hall–Kier alpha value is -1.34. The molecule has 23 heavy (non-hydrogen) atoms. The molecule has 0 spiro atoms. The van der Waals surface area contributed by atoms with Gasteiger partial charge in [-0.25, -0.2) is 4.79 Å². The number of urea groups is 1. The highest BCUT2D eigenvalue weighted by Gasteiger charge is 2.49. The lowest BCUT2D eigenvalue weighted by molar-refractivity contribution is -0.139. The summed E-state index contributed by atoms with van der Waals surface area (Å²) in [4.78, 5) is 40.0. The topological polar surface area (TPSA) is 81.8 Å². The number of nitrogens with zero attached hydrogens (tertiary/aromatic N) is 2. The largest absolute Gasteiger partial charge is 0.337 e. The van der Waals surface area contributed by atoms with E-state index in [0.717, 1.165) is 24.3 Å². The molecule has 0 aromatic heterocycles. The maximum Gasteiger partial charge on any atom is 0.325 e. The first-order valence-electron chi connectivity index (χ1n) is 8.07. The van der Waals surface area contributed by atoms with E-state index in [9.17, 15) is 14.4 Å². The van der Waals surface area contributed by atoms with Crippen molar-refractivity contribution in [3.05, 3.63) is 0 Å². The number of likely N-dealkylation sites (tertiary alicyclic amines) is 1. The van der Waals surface area contributed by atoms with E-state index < -0.39 is 11.6 Å². The molecule has 1 unspecified atom stereocenters. The molecule has 2 saturated heterocycles. The van der Waals surface area contributed by atoms with Crippen molar-refractivity contribution in [2.75, 3.05) is 26.7 Å². The van der Waals surface area contributed by atoms with Crippen molar-refractivity contribution in [3.63, 3.8) is 0 Å². The third kappa shape index (κ3) is 3.61. The van der Waals surface area contributed by atoms with Gasteiger partial charge in [-0.2, -0.15) is 0 Å². The van der Waals surface area contributed by atoms with Gasteiger partial charge in [-0.1, -0.05) is 13.8 Å². The molecule has 0 aromatic rings. The summed E-state index contributed by atoms with van der Waals surface area (Å²) in [7, 11) is 1.86. The van der Waals surface area contributed by atoms with Gasteiger partial charge >= 0.3 is 6.03 Å². The first-order chi connectivity index (χ1) is 10.5. The second kappa shape index (κ2) is 7.97. The highest BCUT2D eigenvalue weighted by atomic mass is 35.5. The second-order valence-electron chi connectivity index (χ2n) is 6.05. The Morgan fingerprint density at radius 1 is 1.35 bits per heavy atom. The molecule has 0 radical (unpaired) electrons. The first-order valence-corrected chi connectivity index (χ1v) is 8.07. The van der Waals surface area contributed by atoms with Crippen LogP contribution in [0.25, 0.3) is 0 Å². The van der Waals surface area contributed by atoms with Crippen LogP contribution in [0.4, 0.5) is 4.79 Å². The predicted octanol–water partition coefficient (Wildman–Crippen LogP) is 0.729. The number of halogens is 1. The van der Waals surface area contributed by atoms with Crippen molar-refractivity contribution in [2.24, 2.45) is 0 Å². The quantitative estimate of drug-likeness (QED) is 0.695. The van der Waals surface area contributed by atoms with E-state index in [1.54, 1.807) is 4.90 Å². The molecule has 2 N–H and O–H groups in total. The normalized spacial score (nSPS) is 23.0. The SMILES string of the molecule is CCC1(CC)NC(=O)N(CC(=O)N2CCCC2CNC)C1=O.Cl. The number of carbonyl (C=O) groups is 3. The fourth-order valence-corrected chi connectivity index (χ4v) is 3.39. The van der Waals surface area contributed by atoms with Gasteiger partial charge in [-0.15, -0.1) is 12.4 Å². The smallest absolute Gasteiger partial charge is 0.325 e. The number of rotatable bonds is 6. The summed E-state index contributed by atoms with van der Waals surface area (Å²) in [5.41, 5.74) is -0.841. The number of nitrogens with one attached hydrogen (secondary N) is 2. The minimum atomic E-state index is -0.841. The second-order valence-corrected chi connectivity index (χ2v) is 6.05. The van der Waals surface area contributed by atoms with Gasteiger partial charge in [0.25, 0.3) is 5.91 Å². The van der Waals surface area contributed by atoms with Crippen molar-refractivity contribution in [1.29, 1.82) is 0 Å². The molecule has 8 heteroatoms. The van der Waals surface area contributed by atoms with Crippen LogP contribution in [0.3, 0.4) is 0 Å². The van der Waals surface area contributed by atoms with Gasteiger partial charge in [-0.3, -0.25) is 14.5 Å². The van der Waals surface area contributed by atoms with Gasteiger partial charge in [0, 0.05) is 19.1 Å². The lowest BCUT2D eigenvalue weighted by atomic mass is 9.93. The molecule has 4 amide bonds. The highest BCUT2D eigenvalue weighted by molar-refractivity contribution is 6.09. The Morgan fingerprint density at radius 3 is 2.52 bits per heavy atom.